The van der Waals surface area contributed by atoms with E-state index in [9.17, 15) is 9.59 Å². The summed E-state index contributed by atoms with van der Waals surface area (Å²) in [6, 6.07) is 19.1. The second kappa shape index (κ2) is 9.42. The van der Waals surface area contributed by atoms with Crippen molar-refractivity contribution in [3.8, 4) is 0 Å². The largest absolute Gasteiger partial charge is 0.358 e. The fourth-order valence-corrected chi connectivity index (χ4v) is 4.72. The average molecular weight is 446 g/mol. The van der Waals surface area contributed by atoms with Gasteiger partial charge in [-0.05, 0) is 47.3 Å². The molecule has 0 aliphatic carbocycles. The molecule has 3 aromatic rings. The summed E-state index contributed by atoms with van der Waals surface area (Å²) in [6.07, 6.45) is 3.68. The number of nitrogens with zero attached hydrogens (tertiary/aromatic N) is 2. The highest BCUT2D eigenvalue weighted by Gasteiger charge is 2.24. The maximum Gasteiger partial charge on any atom is 0.329 e. The van der Waals surface area contributed by atoms with Crippen LogP contribution in [0.1, 0.15) is 55.9 Å². The van der Waals surface area contributed by atoms with Gasteiger partial charge in [-0.3, -0.25) is 14.3 Å². The van der Waals surface area contributed by atoms with Crippen molar-refractivity contribution < 1.29 is 0 Å². The van der Waals surface area contributed by atoms with Gasteiger partial charge >= 0.3 is 5.69 Å². The summed E-state index contributed by atoms with van der Waals surface area (Å²) in [5.41, 5.74) is 3.91. The summed E-state index contributed by atoms with van der Waals surface area (Å²) in [4.78, 5) is 30.8. The Kier molecular flexibility index (Phi) is 6.59. The number of piperidine rings is 1. The zero-order chi connectivity index (χ0) is 23.6. The summed E-state index contributed by atoms with van der Waals surface area (Å²) in [5, 5.41) is 0. The molecule has 1 N–H and O–H groups in total. The van der Waals surface area contributed by atoms with Gasteiger partial charge in [0.1, 0.15) is 5.82 Å². The molecule has 1 aliphatic heterocycles. The van der Waals surface area contributed by atoms with Gasteiger partial charge in [-0.2, -0.15) is 0 Å². The average Bonchev–Trinajstić information content (AvgIpc) is 2.80. The smallest absolute Gasteiger partial charge is 0.329 e. The van der Waals surface area contributed by atoms with Crippen LogP contribution in [0.5, 0.6) is 0 Å². The Morgan fingerprint density at radius 1 is 0.909 bits per heavy atom. The Labute approximate surface area is 196 Å². The number of aromatic amines is 1. The number of benzene rings is 2. The van der Waals surface area contributed by atoms with E-state index in [1.165, 1.54) is 15.7 Å². The van der Waals surface area contributed by atoms with Gasteiger partial charge in [0, 0.05) is 26.6 Å². The van der Waals surface area contributed by atoms with E-state index in [0.29, 0.717) is 23.7 Å². The van der Waals surface area contributed by atoms with Crippen molar-refractivity contribution in [1.29, 1.82) is 0 Å². The minimum Gasteiger partial charge on any atom is -0.358 e. The highest BCUT2D eigenvalue weighted by Crippen LogP contribution is 2.27. The fraction of sp³-hybridized carbons (Fsp3) is 0.429. The molecule has 1 saturated heterocycles. The van der Waals surface area contributed by atoms with Crippen LogP contribution in [-0.4, -0.2) is 22.6 Å². The van der Waals surface area contributed by atoms with E-state index in [4.69, 9.17) is 0 Å². The molecule has 2 aromatic carbocycles. The van der Waals surface area contributed by atoms with E-state index in [1.807, 2.05) is 0 Å². The molecule has 0 atom stereocenters. The van der Waals surface area contributed by atoms with Gasteiger partial charge in [0.2, 0.25) is 0 Å². The van der Waals surface area contributed by atoms with Crippen molar-refractivity contribution in [3.05, 3.63) is 97.7 Å². The quantitative estimate of drug-likeness (QED) is 0.632. The number of H-pyrrole nitrogens is 1. The highest BCUT2D eigenvalue weighted by atomic mass is 16.2. The first-order valence-corrected chi connectivity index (χ1v) is 11.9. The minimum atomic E-state index is -0.353. The van der Waals surface area contributed by atoms with Crippen LogP contribution in [0.2, 0.25) is 0 Å². The monoisotopic (exact) mass is 445 g/mol. The van der Waals surface area contributed by atoms with Crippen LogP contribution >= 0.6 is 0 Å². The molecule has 0 amide bonds. The Morgan fingerprint density at radius 2 is 1.55 bits per heavy atom. The van der Waals surface area contributed by atoms with Crippen molar-refractivity contribution in [2.75, 3.05) is 18.0 Å². The van der Waals surface area contributed by atoms with Crippen molar-refractivity contribution in [2.45, 2.75) is 51.9 Å². The minimum absolute atomic E-state index is 0.0852. The zero-order valence-corrected chi connectivity index (χ0v) is 20.2. The standard InChI is InChI=1S/C28H35N3O2/c1-28(2,3)23-12-10-21(11-13-23)19-24-25(29-27(33)30(4)26(24)32)31-16-14-22(15-17-31)18-20-8-6-5-7-9-20/h5-13,22H,14-19H2,1-4H3,(H,29,33). The van der Waals surface area contributed by atoms with E-state index in [2.05, 4.69) is 85.3 Å². The second-order valence-corrected chi connectivity index (χ2v) is 10.4. The number of nitrogens with one attached hydrogen (secondary N) is 1. The molecule has 1 fully saturated rings. The molecule has 5 nitrogen and oxygen atoms in total. The number of rotatable bonds is 5. The van der Waals surface area contributed by atoms with Crippen LogP contribution in [0.3, 0.4) is 0 Å². The molecule has 1 aliphatic rings. The lowest BCUT2D eigenvalue weighted by molar-refractivity contribution is 0.401. The maximum absolute atomic E-state index is 13.1. The molecule has 0 bridgehead atoms. The zero-order valence-electron chi connectivity index (χ0n) is 20.2. The molecular weight excluding hydrogens is 410 g/mol. The Balaban J connectivity index is 1.55. The predicted molar refractivity (Wildman–Crippen MR) is 135 cm³/mol. The number of anilines is 1. The molecule has 0 unspecified atom stereocenters. The van der Waals surface area contributed by atoms with Gasteiger partial charge in [0.05, 0.1) is 5.56 Å². The van der Waals surface area contributed by atoms with E-state index >= 15 is 0 Å². The lowest BCUT2D eigenvalue weighted by Crippen LogP contribution is -2.42. The van der Waals surface area contributed by atoms with E-state index < -0.39 is 0 Å². The number of hydrogen-bond acceptors (Lipinski definition) is 3. The van der Waals surface area contributed by atoms with Crippen molar-refractivity contribution >= 4 is 5.82 Å². The molecule has 0 radical (unpaired) electrons. The lowest BCUT2D eigenvalue weighted by atomic mass is 9.86. The van der Waals surface area contributed by atoms with Crippen LogP contribution < -0.4 is 16.1 Å². The summed E-state index contributed by atoms with van der Waals surface area (Å²) < 4.78 is 1.19. The first-order valence-electron chi connectivity index (χ1n) is 11.9. The normalized spacial score (nSPS) is 15.1. The van der Waals surface area contributed by atoms with Crippen LogP contribution in [0.25, 0.3) is 0 Å². The van der Waals surface area contributed by atoms with E-state index in [-0.39, 0.29) is 16.7 Å². The summed E-state index contributed by atoms with van der Waals surface area (Å²) >= 11 is 0. The lowest BCUT2D eigenvalue weighted by Gasteiger charge is -2.34. The summed E-state index contributed by atoms with van der Waals surface area (Å²) in [6.45, 7) is 8.27. The molecule has 2 heterocycles. The Bertz CT molecular complexity index is 1190. The maximum atomic E-state index is 13.1. The highest BCUT2D eigenvalue weighted by molar-refractivity contribution is 5.48. The third kappa shape index (κ3) is 5.29. The van der Waals surface area contributed by atoms with Gasteiger partial charge in [0.15, 0.2) is 0 Å². The van der Waals surface area contributed by atoms with Gasteiger partial charge in [-0.25, -0.2) is 4.79 Å². The molecule has 0 saturated carbocycles. The van der Waals surface area contributed by atoms with Gasteiger partial charge in [0.25, 0.3) is 5.56 Å². The van der Waals surface area contributed by atoms with Gasteiger partial charge in [-0.1, -0.05) is 75.4 Å². The van der Waals surface area contributed by atoms with Crippen molar-refractivity contribution in [2.24, 2.45) is 13.0 Å². The van der Waals surface area contributed by atoms with Crippen molar-refractivity contribution in [3.63, 3.8) is 0 Å². The number of hydrogen-bond donors (Lipinski definition) is 1. The molecule has 4 rings (SSSR count). The molecule has 5 heteroatoms. The molecule has 0 spiro atoms. The topological polar surface area (TPSA) is 58.1 Å². The third-order valence-corrected chi connectivity index (χ3v) is 6.88. The third-order valence-electron chi connectivity index (χ3n) is 6.88. The van der Waals surface area contributed by atoms with Crippen LogP contribution in [0, 0.1) is 5.92 Å². The first kappa shape index (κ1) is 23.1. The molecule has 1 aromatic heterocycles. The molecular formula is C28H35N3O2. The van der Waals surface area contributed by atoms with E-state index in [0.717, 1.165) is 37.9 Å². The van der Waals surface area contributed by atoms with Gasteiger partial charge < -0.3 is 4.90 Å². The van der Waals surface area contributed by atoms with Crippen LogP contribution in [0.15, 0.2) is 64.2 Å². The van der Waals surface area contributed by atoms with Gasteiger partial charge in [-0.15, -0.1) is 0 Å². The second-order valence-electron chi connectivity index (χ2n) is 10.4. The summed E-state index contributed by atoms with van der Waals surface area (Å²) in [5.74, 6) is 1.32. The predicted octanol–water partition coefficient (Wildman–Crippen LogP) is 4.42. The summed E-state index contributed by atoms with van der Waals surface area (Å²) in [7, 11) is 1.54. The van der Waals surface area contributed by atoms with Crippen LogP contribution in [0.4, 0.5) is 5.82 Å². The Morgan fingerprint density at radius 3 is 2.15 bits per heavy atom. The number of aromatic nitrogens is 2. The van der Waals surface area contributed by atoms with Crippen molar-refractivity contribution in [1.82, 2.24) is 9.55 Å². The molecule has 174 valence electrons. The molecule has 33 heavy (non-hydrogen) atoms. The first-order chi connectivity index (χ1) is 15.7. The fourth-order valence-electron chi connectivity index (χ4n) is 4.72. The van der Waals surface area contributed by atoms with E-state index in [1.54, 1.807) is 7.05 Å². The Hall–Kier alpha value is -3.08. The SMILES string of the molecule is Cn1c(=O)[nH]c(N2CCC(Cc3ccccc3)CC2)c(Cc2ccc(C(C)(C)C)cc2)c1=O. The van der Waals surface area contributed by atoms with Crippen LogP contribution in [-0.2, 0) is 25.3 Å².